The van der Waals surface area contributed by atoms with Gasteiger partial charge < -0.3 is 10.3 Å². The Hall–Kier alpha value is -2.30. The van der Waals surface area contributed by atoms with Gasteiger partial charge in [0.1, 0.15) is 4.70 Å². The third kappa shape index (κ3) is 2.77. The highest BCUT2D eigenvalue weighted by atomic mass is 32.2. The lowest BCUT2D eigenvalue weighted by Crippen LogP contribution is -2.11. The van der Waals surface area contributed by atoms with Crippen molar-refractivity contribution in [1.82, 2.24) is 15.0 Å². The van der Waals surface area contributed by atoms with Crippen LogP contribution in [0.15, 0.2) is 40.3 Å². The van der Waals surface area contributed by atoms with Gasteiger partial charge in [-0.15, -0.1) is 0 Å². The van der Waals surface area contributed by atoms with Crippen LogP contribution in [0, 0.1) is 0 Å². The summed E-state index contributed by atoms with van der Waals surface area (Å²) in [6.07, 6.45) is 1.29. The molecule has 10 heteroatoms. The molecule has 0 aliphatic carbocycles. The van der Waals surface area contributed by atoms with Crippen LogP contribution in [-0.4, -0.2) is 23.4 Å². The van der Waals surface area contributed by atoms with E-state index in [1.807, 2.05) is 0 Å². The standard InChI is InChI=1S/C11H9N5O3S2/c12-21(18,19)7-3-1-6(2-4-7)15-11-16-9-8(20-11)10(17)14-5-13-9/h1-5H,(H2,12,18,19)(H2,13,14,15,16,17). The number of fused-ring (bicyclic) bond motifs is 1. The van der Waals surface area contributed by atoms with E-state index in [0.29, 0.717) is 21.2 Å². The number of nitrogens with one attached hydrogen (secondary N) is 2. The topological polar surface area (TPSA) is 131 Å². The van der Waals surface area contributed by atoms with Crippen LogP contribution < -0.4 is 16.0 Å². The fraction of sp³-hybridized carbons (Fsp3) is 0. The number of H-pyrrole nitrogens is 1. The molecular weight excluding hydrogens is 314 g/mol. The summed E-state index contributed by atoms with van der Waals surface area (Å²) in [5.41, 5.74) is 0.723. The van der Waals surface area contributed by atoms with E-state index in [9.17, 15) is 13.2 Å². The monoisotopic (exact) mass is 323 g/mol. The van der Waals surface area contributed by atoms with Crippen molar-refractivity contribution >= 4 is 42.5 Å². The summed E-state index contributed by atoms with van der Waals surface area (Å²) in [5.74, 6) is 0. The van der Waals surface area contributed by atoms with Gasteiger partial charge in [-0.05, 0) is 24.3 Å². The fourth-order valence-corrected chi connectivity index (χ4v) is 3.02. The summed E-state index contributed by atoms with van der Waals surface area (Å²) >= 11 is 1.16. The molecule has 0 amide bonds. The number of hydrogen-bond donors (Lipinski definition) is 3. The van der Waals surface area contributed by atoms with Gasteiger partial charge in [-0.2, -0.15) is 4.98 Å². The normalized spacial score (nSPS) is 11.7. The molecule has 0 atom stereocenters. The Bertz CT molecular complexity index is 959. The molecule has 2 heterocycles. The molecule has 21 heavy (non-hydrogen) atoms. The first-order chi connectivity index (χ1) is 9.93. The lowest BCUT2D eigenvalue weighted by molar-refractivity contribution is 0.598. The first kappa shape index (κ1) is 13.7. The number of rotatable bonds is 3. The summed E-state index contributed by atoms with van der Waals surface area (Å²) in [5, 5.41) is 8.48. The largest absolute Gasteiger partial charge is 0.331 e. The van der Waals surface area contributed by atoms with Crippen LogP contribution in [0.1, 0.15) is 0 Å². The Morgan fingerprint density at radius 3 is 2.57 bits per heavy atom. The fourth-order valence-electron chi connectivity index (χ4n) is 1.67. The molecule has 0 radical (unpaired) electrons. The maximum Gasteiger partial charge on any atom is 0.270 e. The van der Waals surface area contributed by atoms with E-state index in [1.165, 1.54) is 18.5 Å². The zero-order valence-corrected chi connectivity index (χ0v) is 12.0. The van der Waals surface area contributed by atoms with Crippen LogP contribution in [0.4, 0.5) is 10.8 Å². The number of hydrogen-bond acceptors (Lipinski definition) is 7. The van der Waals surface area contributed by atoms with Crippen molar-refractivity contribution in [3.8, 4) is 0 Å². The van der Waals surface area contributed by atoms with Gasteiger partial charge in [0.2, 0.25) is 10.0 Å². The summed E-state index contributed by atoms with van der Waals surface area (Å²) in [6.45, 7) is 0. The van der Waals surface area contributed by atoms with Crippen LogP contribution in [0.25, 0.3) is 10.3 Å². The lowest BCUT2D eigenvalue weighted by atomic mass is 10.3. The zero-order chi connectivity index (χ0) is 15.0. The number of sulfonamides is 1. The zero-order valence-electron chi connectivity index (χ0n) is 10.4. The van der Waals surface area contributed by atoms with Gasteiger partial charge in [-0.1, -0.05) is 11.3 Å². The van der Waals surface area contributed by atoms with Gasteiger partial charge in [-0.25, -0.2) is 18.5 Å². The third-order valence-electron chi connectivity index (χ3n) is 2.63. The van der Waals surface area contributed by atoms with E-state index in [2.05, 4.69) is 20.3 Å². The molecule has 0 fully saturated rings. The summed E-state index contributed by atoms with van der Waals surface area (Å²) in [4.78, 5) is 22.2. The van der Waals surface area contributed by atoms with E-state index in [1.54, 1.807) is 12.1 Å². The summed E-state index contributed by atoms with van der Waals surface area (Å²) in [7, 11) is -3.71. The number of nitrogens with zero attached hydrogens (tertiary/aromatic N) is 2. The van der Waals surface area contributed by atoms with Gasteiger partial charge in [-0.3, -0.25) is 4.79 Å². The van der Waals surface area contributed by atoms with Gasteiger partial charge in [0, 0.05) is 5.69 Å². The van der Waals surface area contributed by atoms with E-state index in [-0.39, 0.29) is 10.5 Å². The highest BCUT2D eigenvalue weighted by Gasteiger charge is 2.10. The predicted molar refractivity (Wildman–Crippen MR) is 79.1 cm³/mol. The predicted octanol–water partition coefficient (Wildman–Crippen LogP) is 0.771. The molecule has 0 aliphatic rings. The summed E-state index contributed by atoms with van der Waals surface area (Å²) < 4.78 is 22.7. The highest BCUT2D eigenvalue weighted by Crippen LogP contribution is 2.25. The Morgan fingerprint density at radius 1 is 1.24 bits per heavy atom. The molecule has 3 rings (SSSR count). The molecule has 108 valence electrons. The Balaban J connectivity index is 1.92. The smallest absolute Gasteiger partial charge is 0.270 e. The number of aromatic amines is 1. The molecular formula is C11H9N5O3S2. The van der Waals surface area contributed by atoms with Crippen LogP contribution in [-0.2, 0) is 10.0 Å². The number of nitrogens with two attached hydrogens (primary N) is 1. The number of thiazole rings is 1. The number of primary sulfonamides is 1. The molecule has 2 aromatic heterocycles. The SMILES string of the molecule is NS(=O)(=O)c1ccc(Nc2nc3nc[nH]c(=O)c3s2)cc1. The van der Waals surface area contributed by atoms with Crippen molar-refractivity contribution in [2.75, 3.05) is 5.32 Å². The van der Waals surface area contributed by atoms with E-state index >= 15 is 0 Å². The average Bonchev–Trinajstić information content (AvgIpc) is 2.82. The lowest BCUT2D eigenvalue weighted by Gasteiger charge is -2.03. The minimum atomic E-state index is -3.71. The van der Waals surface area contributed by atoms with Crippen molar-refractivity contribution in [1.29, 1.82) is 0 Å². The minimum absolute atomic E-state index is 0.0236. The Kier molecular flexibility index (Phi) is 3.20. The van der Waals surface area contributed by atoms with Gasteiger partial charge >= 0.3 is 0 Å². The van der Waals surface area contributed by atoms with E-state index < -0.39 is 10.0 Å². The maximum absolute atomic E-state index is 11.6. The molecule has 0 saturated heterocycles. The maximum atomic E-state index is 11.6. The molecule has 3 aromatic rings. The number of benzene rings is 1. The first-order valence-corrected chi connectivity index (χ1v) is 8.04. The van der Waals surface area contributed by atoms with E-state index in [4.69, 9.17) is 5.14 Å². The number of anilines is 2. The molecule has 8 nitrogen and oxygen atoms in total. The van der Waals surface area contributed by atoms with Crippen molar-refractivity contribution in [2.24, 2.45) is 5.14 Å². The quantitative estimate of drug-likeness (QED) is 0.652. The first-order valence-electron chi connectivity index (χ1n) is 5.67. The van der Waals surface area contributed by atoms with Crippen LogP contribution in [0.5, 0.6) is 0 Å². The second-order valence-electron chi connectivity index (χ2n) is 4.10. The van der Waals surface area contributed by atoms with Gasteiger partial charge in [0.25, 0.3) is 5.56 Å². The van der Waals surface area contributed by atoms with Crippen molar-refractivity contribution in [3.05, 3.63) is 40.9 Å². The van der Waals surface area contributed by atoms with E-state index in [0.717, 1.165) is 11.3 Å². The van der Waals surface area contributed by atoms with Gasteiger partial charge in [0.15, 0.2) is 10.8 Å². The molecule has 0 spiro atoms. The Labute approximate surface area is 122 Å². The minimum Gasteiger partial charge on any atom is -0.331 e. The van der Waals surface area contributed by atoms with Crippen molar-refractivity contribution in [2.45, 2.75) is 4.90 Å². The average molecular weight is 323 g/mol. The van der Waals surface area contributed by atoms with Crippen LogP contribution >= 0.6 is 11.3 Å². The molecule has 0 aliphatic heterocycles. The third-order valence-corrected chi connectivity index (χ3v) is 4.52. The molecule has 1 aromatic carbocycles. The second kappa shape index (κ2) is 4.91. The van der Waals surface area contributed by atoms with Crippen molar-refractivity contribution < 1.29 is 8.42 Å². The number of aromatic nitrogens is 3. The highest BCUT2D eigenvalue weighted by molar-refractivity contribution is 7.89. The molecule has 4 N–H and O–H groups in total. The summed E-state index contributed by atoms with van der Waals surface area (Å²) in [6, 6.07) is 5.89. The molecule has 0 unspecified atom stereocenters. The molecule has 0 saturated carbocycles. The van der Waals surface area contributed by atoms with Crippen LogP contribution in [0.3, 0.4) is 0 Å². The second-order valence-corrected chi connectivity index (χ2v) is 6.66. The Morgan fingerprint density at radius 2 is 1.95 bits per heavy atom. The van der Waals surface area contributed by atoms with Crippen LogP contribution in [0.2, 0.25) is 0 Å². The van der Waals surface area contributed by atoms with Crippen molar-refractivity contribution in [3.63, 3.8) is 0 Å². The molecule has 0 bridgehead atoms. The van der Waals surface area contributed by atoms with Gasteiger partial charge in [0.05, 0.1) is 11.2 Å².